The zero-order valence-electron chi connectivity index (χ0n) is 13.0. The van der Waals surface area contributed by atoms with Gasteiger partial charge in [-0.2, -0.15) is 0 Å². The van der Waals surface area contributed by atoms with E-state index >= 15 is 0 Å². The minimum Gasteiger partial charge on any atom is -0.465 e. The Morgan fingerprint density at radius 3 is 2.90 bits per heavy atom. The van der Waals surface area contributed by atoms with Crippen LogP contribution in [0.4, 0.5) is 0 Å². The van der Waals surface area contributed by atoms with Crippen LogP contribution in [0.1, 0.15) is 44.0 Å². The molecule has 5 nitrogen and oxygen atoms in total. The summed E-state index contributed by atoms with van der Waals surface area (Å²) in [4.78, 5) is 17.1. The first kappa shape index (κ1) is 14.6. The smallest absolute Gasteiger partial charge is 0.328 e. The monoisotopic (exact) mass is 291 g/mol. The lowest BCUT2D eigenvalue weighted by molar-refractivity contribution is -0.152. The summed E-state index contributed by atoms with van der Waals surface area (Å²) in [6.07, 6.45) is 8.67. The zero-order chi connectivity index (χ0) is 14.9. The van der Waals surface area contributed by atoms with Gasteiger partial charge < -0.3 is 14.6 Å². The van der Waals surface area contributed by atoms with Gasteiger partial charge in [-0.3, -0.25) is 0 Å². The third kappa shape index (κ3) is 2.59. The summed E-state index contributed by atoms with van der Waals surface area (Å²) >= 11 is 0. The number of hydrogen-bond donors (Lipinski definition) is 1. The van der Waals surface area contributed by atoms with E-state index in [1.165, 1.54) is 24.2 Å². The first-order valence-corrected chi connectivity index (χ1v) is 8.10. The Kier molecular flexibility index (Phi) is 4.02. The molecule has 1 aromatic heterocycles. The van der Waals surface area contributed by atoms with Crippen molar-refractivity contribution in [3.63, 3.8) is 0 Å². The molecule has 1 saturated carbocycles. The van der Waals surface area contributed by atoms with Gasteiger partial charge in [-0.1, -0.05) is 0 Å². The number of likely N-dealkylation sites (N-methyl/N-ethyl adjacent to an activating group) is 1. The minimum absolute atomic E-state index is 0.117. The number of nitrogens with zero attached hydrogens (tertiary/aromatic N) is 2. The molecule has 0 aromatic carbocycles. The van der Waals surface area contributed by atoms with Crippen LogP contribution in [0.2, 0.25) is 0 Å². The molecule has 2 aliphatic carbocycles. The van der Waals surface area contributed by atoms with Crippen molar-refractivity contribution >= 4 is 5.97 Å². The molecule has 3 rings (SSSR count). The molecule has 1 heterocycles. The number of hydrogen-bond acceptors (Lipinski definition) is 4. The highest BCUT2D eigenvalue weighted by atomic mass is 16.5. The number of ether oxygens (including phenoxy) is 1. The molecule has 0 amide bonds. The molecule has 1 unspecified atom stereocenters. The number of carbonyl (C=O) groups excluding carboxylic acids is 1. The lowest BCUT2D eigenvalue weighted by atomic mass is 9.92. The summed E-state index contributed by atoms with van der Waals surface area (Å²) in [5.74, 6) is 0.261. The number of esters is 1. The second-order valence-corrected chi connectivity index (χ2v) is 6.19. The van der Waals surface area contributed by atoms with Crippen LogP contribution in [0.25, 0.3) is 0 Å². The third-order valence-electron chi connectivity index (χ3n) is 4.89. The highest BCUT2D eigenvalue weighted by Gasteiger charge is 2.51. The van der Waals surface area contributed by atoms with Crippen LogP contribution in [-0.2, 0) is 28.9 Å². The van der Waals surface area contributed by atoms with Crippen molar-refractivity contribution in [2.75, 3.05) is 13.7 Å². The Hall–Kier alpha value is -1.36. The molecule has 5 heteroatoms. The van der Waals surface area contributed by atoms with Crippen molar-refractivity contribution < 1.29 is 9.53 Å². The van der Waals surface area contributed by atoms with Crippen molar-refractivity contribution in [2.24, 2.45) is 5.92 Å². The van der Waals surface area contributed by atoms with E-state index in [0.29, 0.717) is 19.1 Å². The molecule has 1 fully saturated rings. The van der Waals surface area contributed by atoms with E-state index in [4.69, 9.17) is 4.74 Å². The van der Waals surface area contributed by atoms with Gasteiger partial charge >= 0.3 is 5.97 Å². The number of aromatic nitrogens is 2. The van der Waals surface area contributed by atoms with Gasteiger partial charge in [0.1, 0.15) is 5.54 Å². The molecule has 1 N–H and O–H groups in total. The molecule has 1 atom stereocenters. The van der Waals surface area contributed by atoms with Gasteiger partial charge in [0.25, 0.3) is 0 Å². The first-order chi connectivity index (χ1) is 10.2. The van der Waals surface area contributed by atoms with Gasteiger partial charge in [0.15, 0.2) is 0 Å². The number of fused-ring (bicyclic) bond motifs is 1. The topological polar surface area (TPSA) is 56.2 Å². The van der Waals surface area contributed by atoms with E-state index in [1.54, 1.807) is 0 Å². The SMILES string of the molecule is CCOC(=O)C(Cn1cnc2c1CCCC2)(NC)C1CC1. The number of aryl methyl sites for hydroxylation is 1. The summed E-state index contributed by atoms with van der Waals surface area (Å²) in [6.45, 7) is 2.93. The van der Waals surface area contributed by atoms with Gasteiger partial charge in [0.05, 0.1) is 25.2 Å². The number of rotatable bonds is 6. The normalized spacial score (nSPS) is 20.7. The van der Waals surface area contributed by atoms with Gasteiger partial charge in [0.2, 0.25) is 0 Å². The summed E-state index contributed by atoms with van der Waals surface area (Å²) in [5, 5.41) is 3.28. The molecular weight excluding hydrogens is 266 g/mol. The van der Waals surface area contributed by atoms with Gasteiger partial charge in [-0.05, 0) is 58.4 Å². The Morgan fingerprint density at radius 1 is 1.48 bits per heavy atom. The zero-order valence-corrected chi connectivity index (χ0v) is 13.0. The average Bonchev–Trinajstić information content (AvgIpc) is 3.28. The Labute approximate surface area is 126 Å². The van der Waals surface area contributed by atoms with Crippen molar-refractivity contribution in [2.45, 2.75) is 57.5 Å². The van der Waals surface area contributed by atoms with Crippen LogP contribution in [0.5, 0.6) is 0 Å². The molecule has 0 saturated heterocycles. The maximum Gasteiger partial charge on any atom is 0.328 e. The Morgan fingerprint density at radius 2 is 2.24 bits per heavy atom. The average molecular weight is 291 g/mol. The van der Waals surface area contributed by atoms with Crippen LogP contribution in [-0.4, -0.2) is 34.7 Å². The van der Waals surface area contributed by atoms with E-state index in [9.17, 15) is 4.79 Å². The van der Waals surface area contributed by atoms with Crippen LogP contribution in [0, 0.1) is 5.92 Å². The van der Waals surface area contributed by atoms with Crippen LogP contribution in [0.15, 0.2) is 6.33 Å². The molecule has 1 aromatic rings. The first-order valence-electron chi connectivity index (χ1n) is 8.10. The van der Waals surface area contributed by atoms with E-state index in [2.05, 4.69) is 14.9 Å². The molecule has 2 aliphatic rings. The van der Waals surface area contributed by atoms with Gasteiger partial charge in [-0.25, -0.2) is 9.78 Å². The lowest BCUT2D eigenvalue weighted by Gasteiger charge is -2.32. The van der Waals surface area contributed by atoms with Crippen molar-refractivity contribution in [3.05, 3.63) is 17.7 Å². The van der Waals surface area contributed by atoms with Crippen molar-refractivity contribution in [1.29, 1.82) is 0 Å². The fourth-order valence-electron chi connectivity index (χ4n) is 3.52. The van der Waals surface area contributed by atoms with Crippen molar-refractivity contribution in [1.82, 2.24) is 14.9 Å². The largest absolute Gasteiger partial charge is 0.465 e. The fourth-order valence-corrected chi connectivity index (χ4v) is 3.52. The minimum atomic E-state index is -0.595. The molecule has 0 spiro atoms. The number of nitrogens with one attached hydrogen (secondary N) is 1. The Bertz CT molecular complexity index is 522. The third-order valence-corrected chi connectivity index (χ3v) is 4.89. The molecule has 0 radical (unpaired) electrons. The molecular formula is C16H25N3O2. The van der Waals surface area contributed by atoms with E-state index in [0.717, 1.165) is 25.7 Å². The van der Waals surface area contributed by atoms with Crippen LogP contribution < -0.4 is 5.32 Å². The van der Waals surface area contributed by atoms with E-state index in [-0.39, 0.29) is 5.97 Å². The summed E-state index contributed by atoms with van der Waals surface area (Å²) < 4.78 is 7.54. The lowest BCUT2D eigenvalue weighted by Crippen LogP contribution is -2.56. The standard InChI is InChI=1S/C16H25N3O2/c1-3-21-15(20)16(17-2,12-8-9-12)10-19-11-18-13-6-4-5-7-14(13)19/h11-12,17H,3-10H2,1-2H3. The second-order valence-electron chi connectivity index (χ2n) is 6.19. The summed E-state index contributed by atoms with van der Waals surface area (Å²) in [7, 11) is 1.87. The summed E-state index contributed by atoms with van der Waals surface area (Å²) in [6, 6.07) is 0. The quantitative estimate of drug-likeness (QED) is 0.810. The number of carbonyl (C=O) groups is 1. The molecule has 0 bridgehead atoms. The predicted molar refractivity (Wildman–Crippen MR) is 80.0 cm³/mol. The maximum absolute atomic E-state index is 12.6. The van der Waals surface area contributed by atoms with E-state index < -0.39 is 5.54 Å². The highest BCUT2D eigenvalue weighted by Crippen LogP contribution is 2.41. The second kappa shape index (κ2) is 5.79. The Balaban J connectivity index is 1.87. The van der Waals surface area contributed by atoms with E-state index in [1.807, 2.05) is 20.3 Å². The van der Waals surface area contributed by atoms with Gasteiger partial charge in [-0.15, -0.1) is 0 Å². The van der Waals surface area contributed by atoms with Crippen molar-refractivity contribution in [3.8, 4) is 0 Å². The predicted octanol–water partition coefficient (Wildman–Crippen LogP) is 1.69. The highest BCUT2D eigenvalue weighted by molar-refractivity contribution is 5.81. The van der Waals surface area contributed by atoms with Gasteiger partial charge in [0, 0.05) is 5.69 Å². The number of imidazole rings is 1. The maximum atomic E-state index is 12.6. The molecule has 116 valence electrons. The molecule has 21 heavy (non-hydrogen) atoms. The molecule has 0 aliphatic heterocycles. The van der Waals surface area contributed by atoms with Crippen LogP contribution in [0.3, 0.4) is 0 Å². The fraction of sp³-hybridized carbons (Fsp3) is 0.750. The summed E-state index contributed by atoms with van der Waals surface area (Å²) in [5.41, 5.74) is 1.93. The van der Waals surface area contributed by atoms with Crippen LogP contribution >= 0.6 is 0 Å².